The predicted molar refractivity (Wildman–Crippen MR) is 112 cm³/mol. The number of pyridine rings is 1. The number of ether oxygens (including phenoxy) is 1. The largest absolute Gasteiger partial charge is 0.481 e. The van der Waals surface area contributed by atoms with E-state index in [1.54, 1.807) is 23.6 Å². The number of thiophene rings is 1. The molecule has 0 spiro atoms. The van der Waals surface area contributed by atoms with Crippen LogP contribution in [0, 0.1) is 0 Å². The molecule has 1 aromatic carbocycles. The van der Waals surface area contributed by atoms with E-state index in [-0.39, 0.29) is 17.3 Å². The summed E-state index contributed by atoms with van der Waals surface area (Å²) in [4.78, 5) is 17.7. The van der Waals surface area contributed by atoms with Crippen molar-refractivity contribution in [3.8, 4) is 5.88 Å². The van der Waals surface area contributed by atoms with Crippen molar-refractivity contribution in [3.63, 3.8) is 0 Å². The summed E-state index contributed by atoms with van der Waals surface area (Å²) < 4.78 is 32.5. The number of amides is 1. The Labute approximate surface area is 173 Å². The minimum atomic E-state index is -3.62. The van der Waals surface area contributed by atoms with E-state index in [9.17, 15) is 13.2 Å². The second-order valence-corrected chi connectivity index (χ2v) is 8.91. The third kappa shape index (κ3) is 5.63. The molecule has 0 aliphatic rings. The Bertz CT molecular complexity index is 1050. The molecule has 0 aliphatic heterocycles. The van der Waals surface area contributed by atoms with Crippen molar-refractivity contribution in [1.82, 2.24) is 15.0 Å². The minimum absolute atomic E-state index is 0.120. The molecule has 2 heterocycles. The number of nitrogens with one attached hydrogen (secondary N) is 2. The van der Waals surface area contributed by atoms with Gasteiger partial charge in [-0.15, -0.1) is 11.3 Å². The zero-order valence-electron chi connectivity index (χ0n) is 15.8. The monoisotopic (exact) mass is 431 g/mol. The summed E-state index contributed by atoms with van der Waals surface area (Å²) in [6.07, 6.45) is 2.24. The Balaban J connectivity index is 1.57. The Hall–Kier alpha value is -2.75. The first kappa shape index (κ1) is 21.0. The fourth-order valence-electron chi connectivity index (χ4n) is 2.65. The van der Waals surface area contributed by atoms with Crippen molar-refractivity contribution < 1.29 is 17.9 Å². The van der Waals surface area contributed by atoms with Crippen LogP contribution >= 0.6 is 11.3 Å². The molecule has 0 saturated heterocycles. The highest BCUT2D eigenvalue weighted by atomic mass is 32.2. The number of nitrogens with zero attached hydrogens (tertiary/aromatic N) is 1. The summed E-state index contributed by atoms with van der Waals surface area (Å²) in [6, 6.07) is 13.3. The molecule has 2 aromatic heterocycles. The number of hydrogen-bond donors (Lipinski definition) is 2. The van der Waals surface area contributed by atoms with E-state index in [1.165, 1.54) is 31.4 Å². The van der Waals surface area contributed by atoms with Crippen LogP contribution in [0.25, 0.3) is 0 Å². The van der Waals surface area contributed by atoms with E-state index in [0.29, 0.717) is 24.4 Å². The van der Waals surface area contributed by atoms with Crippen molar-refractivity contribution in [2.75, 3.05) is 13.7 Å². The predicted octanol–water partition coefficient (Wildman–Crippen LogP) is 2.60. The van der Waals surface area contributed by atoms with Crippen LogP contribution in [0.1, 0.15) is 20.8 Å². The normalized spacial score (nSPS) is 11.2. The van der Waals surface area contributed by atoms with Crippen LogP contribution in [-0.2, 0) is 23.0 Å². The maximum absolute atomic E-state index is 12.4. The second kappa shape index (κ2) is 9.64. The zero-order chi connectivity index (χ0) is 20.7. The number of rotatable bonds is 9. The van der Waals surface area contributed by atoms with Gasteiger partial charge in [-0.1, -0.05) is 12.1 Å². The van der Waals surface area contributed by atoms with Crippen LogP contribution in [0.2, 0.25) is 0 Å². The Morgan fingerprint density at radius 1 is 1.14 bits per heavy atom. The Morgan fingerprint density at radius 3 is 2.62 bits per heavy atom. The molecule has 0 aliphatic carbocycles. The summed E-state index contributed by atoms with van der Waals surface area (Å²) in [7, 11) is -2.11. The minimum Gasteiger partial charge on any atom is -0.481 e. The van der Waals surface area contributed by atoms with Crippen molar-refractivity contribution in [2.45, 2.75) is 17.9 Å². The average molecular weight is 432 g/mol. The lowest BCUT2D eigenvalue weighted by Gasteiger charge is -2.09. The van der Waals surface area contributed by atoms with Gasteiger partial charge in [0.1, 0.15) is 0 Å². The van der Waals surface area contributed by atoms with Gasteiger partial charge in [0.2, 0.25) is 15.9 Å². The molecule has 7 nitrogen and oxygen atoms in total. The molecule has 152 valence electrons. The highest BCUT2D eigenvalue weighted by Gasteiger charge is 2.15. The van der Waals surface area contributed by atoms with Crippen molar-refractivity contribution in [1.29, 1.82) is 0 Å². The van der Waals surface area contributed by atoms with E-state index >= 15 is 0 Å². The van der Waals surface area contributed by atoms with E-state index in [2.05, 4.69) is 15.0 Å². The highest BCUT2D eigenvalue weighted by molar-refractivity contribution is 7.89. The lowest BCUT2D eigenvalue weighted by atomic mass is 10.2. The van der Waals surface area contributed by atoms with Gasteiger partial charge in [-0.25, -0.2) is 18.1 Å². The lowest BCUT2D eigenvalue weighted by molar-refractivity contribution is 0.0950. The van der Waals surface area contributed by atoms with Gasteiger partial charge in [0, 0.05) is 35.3 Å². The van der Waals surface area contributed by atoms with Crippen LogP contribution in [0.5, 0.6) is 5.88 Å². The smallest absolute Gasteiger partial charge is 0.251 e. The van der Waals surface area contributed by atoms with Gasteiger partial charge in [-0.2, -0.15) is 0 Å². The number of carbonyl (C=O) groups excluding carboxylic acids is 1. The summed E-state index contributed by atoms with van der Waals surface area (Å²) in [5.41, 5.74) is 1.11. The van der Waals surface area contributed by atoms with Crippen molar-refractivity contribution in [2.24, 2.45) is 0 Å². The SMILES string of the molecule is COc1ncccc1CNC(=O)c1ccc(S(=O)(=O)NCCc2cccs2)cc1. The number of methoxy groups -OCH3 is 1. The molecule has 0 atom stereocenters. The number of aromatic nitrogens is 1. The van der Waals surface area contributed by atoms with Crippen LogP contribution in [0.15, 0.2) is 65.0 Å². The van der Waals surface area contributed by atoms with Crippen LogP contribution in [0.3, 0.4) is 0 Å². The molecule has 0 fully saturated rings. The number of benzene rings is 1. The van der Waals surface area contributed by atoms with Crippen LogP contribution in [-0.4, -0.2) is 33.0 Å². The molecule has 9 heteroatoms. The summed E-state index contributed by atoms with van der Waals surface area (Å²) >= 11 is 1.59. The second-order valence-electron chi connectivity index (χ2n) is 6.11. The summed E-state index contributed by atoms with van der Waals surface area (Å²) in [5, 5.41) is 4.73. The van der Waals surface area contributed by atoms with Crippen molar-refractivity contribution in [3.05, 3.63) is 76.1 Å². The first-order chi connectivity index (χ1) is 14.0. The first-order valence-corrected chi connectivity index (χ1v) is 11.2. The van der Waals surface area contributed by atoms with Gasteiger partial charge in [0.05, 0.1) is 12.0 Å². The van der Waals surface area contributed by atoms with E-state index in [0.717, 1.165) is 10.4 Å². The Kier molecular flexibility index (Phi) is 6.97. The van der Waals surface area contributed by atoms with Crippen LogP contribution in [0.4, 0.5) is 0 Å². The molecule has 0 saturated carbocycles. The molecule has 0 unspecified atom stereocenters. The lowest BCUT2D eigenvalue weighted by Crippen LogP contribution is -2.26. The molecule has 0 bridgehead atoms. The third-order valence-corrected chi connectivity index (χ3v) is 6.57. The van der Waals surface area contributed by atoms with Gasteiger partial charge >= 0.3 is 0 Å². The van der Waals surface area contributed by atoms with E-state index in [1.807, 2.05) is 23.6 Å². The molecule has 3 rings (SSSR count). The fourth-order valence-corrected chi connectivity index (χ4v) is 4.39. The van der Waals surface area contributed by atoms with Gasteiger partial charge in [0.25, 0.3) is 5.91 Å². The number of hydrogen-bond acceptors (Lipinski definition) is 6. The fraction of sp³-hybridized carbons (Fsp3) is 0.200. The maximum Gasteiger partial charge on any atom is 0.251 e. The molecular weight excluding hydrogens is 410 g/mol. The molecule has 0 radical (unpaired) electrons. The van der Waals surface area contributed by atoms with Crippen LogP contribution < -0.4 is 14.8 Å². The van der Waals surface area contributed by atoms with E-state index < -0.39 is 10.0 Å². The van der Waals surface area contributed by atoms with Gasteiger partial charge in [-0.3, -0.25) is 4.79 Å². The summed E-state index contributed by atoms with van der Waals surface area (Å²) in [6.45, 7) is 0.568. The molecule has 2 N–H and O–H groups in total. The molecular formula is C20H21N3O4S2. The highest BCUT2D eigenvalue weighted by Crippen LogP contribution is 2.15. The van der Waals surface area contributed by atoms with Gasteiger partial charge in [-0.05, 0) is 48.2 Å². The topological polar surface area (TPSA) is 97.4 Å². The van der Waals surface area contributed by atoms with Gasteiger partial charge < -0.3 is 10.1 Å². The van der Waals surface area contributed by atoms with Crippen molar-refractivity contribution >= 4 is 27.3 Å². The molecule has 3 aromatic rings. The number of sulfonamides is 1. The molecule has 1 amide bonds. The van der Waals surface area contributed by atoms with Gasteiger partial charge in [0.15, 0.2) is 0 Å². The van der Waals surface area contributed by atoms with E-state index in [4.69, 9.17) is 4.74 Å². The quantitative estimate of drug-likeness (QED) is 0.543. The maximum atomic E-state index is 12.4. The average Bonchev–Trinajstić information content (AvgIpc) is 3.25. The zero-order valence-corrected chi connectivity index (χ0v) is 17.4. The summed E-state index contributed by atoms with van der Waals surface area (Å²) in [5.74, 6) is 0.133. The number of carbonyl (C=O) groups is 1. The first-order valence-electron chi connectivity index (χ1n) is 8.88. The Morgan fingerprint density at radius 2 is 1.93 bits per heavy atom. The molecule has 29 heavy (non-hydrogen) atoms. The third-order valence-electron chi connectivity index (χ3n) is 4.15. The standard InChI is InChI=1S/C20H21N3O4S2/c1-27-20-16(4-2-11-21-20)14-22-19(24)15-6-8-18(9-7-15)29(25,26)23-12-10-17-5-3-13-28-17/h2-9,11,13,23H,10,12,14H2,1H3,(H,22,24).